The standard InChI is InChI=1S/C18H25N3O4/c22-12-4-7-20-8-10-21(11-9-20)18(24)17-16(19-15(23)13-25-17)14-5-2-1-3-6-14/h1-3,5-6,16-17,22H,4,7-13H2,(H,19,23)/t16-,17+/m1/s1. The third kappa shape index (κ3) is 4.36. The fourth-order valence-electron chi connectivity index (χ4n) is 3.35. The van der Waals surface area contributed by atoms with E-state index in [0.717, 1.165) is 31.6 Å². The van der Waals surface area contributed by atoms with Gasteiger partial charge in [-0.2, -0.15) is 0 Å². The predicted molar refractivity (Wildman–Crippen MR) is 91.8 cm³/mol. The maximum atomic E-state index is 13.0. The van der Waals surface area contributed by atoms with Crippen LogP contribution in [0.25, 0.3) is 0 Å². The second-order valence-electron chi connectivity index (χ2n) is 6.43. The van der Waals surface area contributed by atoms with Crippen LogP contribution in [0.4, 0.5) is 0 Å². The van der Waals surface area contributed by atoms with Gasteiger partial charge in [0.25, 0.3) is 5.91 Å². The lowest BCUT2D eigenvalue weighted by Gasteiger charge is -2.39. The Bertz CT molecular complexity index is 587. The van der Waals surface area contributed by atoms with Gasteiger partial charge < -0.3 is 20.1 Å². The highest BCUT2D eigenvalue weighted by atomic mass is 16.5. The van der Waals surface area contributed by atoms with Gasteiger partial charge in [-0.25, -0.2) is 0 Å². The lowest BCUT2D eigenvalue weighted by molar-refractivity contribution is -0.156. The van der Waals surface area contributed by atoms with E-state index >= 15 is 0 Å². The summed E-state index contributed by atoms with van der Waals surface area (Å²) < 4.78 is 5.61. The van der Waals surface area contributed by atoms with Crippen molar-refractivity contribution in [2.45, 2.75) is 18.6 Å². The highest BCUT2D eigenvalue weighted by Crippen LogP contribution is 2.24. The highest BCUT2D eigenvalue weighted by molar-refractivity contribution is 5.86. The molecule has 2 heterocycles. The Morgan fingerprint density at radius 1 is 1.20 bits per heavy atom. The average Bonchev–Trinajstić information content (AvgIpc) is 2.67. The van der Waals surface area contributed by atoms with Crippen molar-refractivity contribution in [2.75, 3.05) is 45.9 Å². The summed E-state index contributed by atoms with van der Waals surface area (Å²) in [6.07, 6.45) is 0.0611. The van der Waals surface area contributed by atoms with Gasteiger partial charge in [-0.1, -0.05) is 30.3 Å². The molecule has 3 rings (SSSR count). The average molecular weight is 347 g/mol. The van der Waals surface area contributed by atoms with Crippen LogP contribution in [0.15, 0.2) is 30.3 Å². The fraction of sp³-hybridized carbons (Fsp3) is 0.556. The zero-order chi connectivity index (χ0) is 17.6. The van der Waals surface area contributed by atoms with Gasteiger partial charge in [0, 0.05) is 39.3 Å². The molecule has 2 aliphatic rings. The number of aliphatic hydroxyl groups is 1. The molecule has 1 aromatic rings. The molecule has 2 saturated heterocycles. The summed E-state index contributed by atoms with van der Waals surface area (Å²) in [4.78, 5) is 28.8. The number of hydrogen-bond donors (Lipinski definition) is 2. The number of nitrogens with one attached hydrogen (secondary N) is 1. The minimum Gasteiger partial charge on any atom is -0.396 e. The lowest BCUT2D eigenvalue weighted by Crippen LogP contribution is -2.57. The number of rotatable bonds is 5. The SMILES string of the molecule is O=C1CO[C@H](C(=O)N2CCN(CCCO)CC2)[C@@H](c2ccccc2)N1. The Balaban J connectivity index is 1.65. The smallest absolute Gasteiger partial charge is 0.254 e. The van der Waals surface area contributed by atoms with Gasteiger partial charge in [-0.3, -0.25) is 14.5 Å². The molecule has 25 heavy (non-hydrogen) atoms. The molecule has 0 aromatic heterocycles. The van der Waals surface area contributed by atoms with Crippen molar-refractivity contribution in [3.05, 3.63) is 35.9 Å². The Hall–Kier alpha value is -1.96. The van der Waals surface area contributed by atoms with Gasteiger partial charge in [-0.05, 0) is 12.0 Å². The van der Waals surface area contributed by atoms with E-state index in [0.29, 0.717) is 13.1 Å². The molecule has 2 N–H and O–H groups in total. The fourth-order valence-corrected chi connectivity index (χ4v) is 3.35. The first-order chi connectivity index (χ1) is 12.2. The summed E-state index contributed by atoms with van der Waals surface area (Å²) in [7, 11) is 0. The first-order valence-electron chi connectivity index (χ1n) is 8.77. The van der Waals surface area contributed by atoms with Gasteiger partial charge in [0.05, 0.1) is 6.04 Å². The molecular formula is C18H25N3O4. The van der Waals surface area contributed by atoms with E-state index in [4.69, 9.17) is 9.84 Å². The molecule has 2 amide bonds. The molecule has 136 valence electrons. The van der Waals surface area contributed by atoms with E-state index in [1.54, 1.807) is 0 Å². The molecule has 2 atom stereocenters. The summed E-state index contributed by atoms with van der Waals surface area (Å²) >= 11 is 0. The maximum absolute atomic E-state index is 13.0. The van der Waals surface area contributed by atoms with Crippen molar-refractivity contribution in [1.29, 1.82) is 0 Å². The van der Waals surface area contributed by atoms with Crippen LogP contribution in [-0.4, -0.2) is 78.8 Å². The number of nitrogens with zero attached hydrogens (tertiary/aromatic N) is 2. The number of aliphatic hydroxyl groups excluding tert-OH is 1. The van der Waals surface area contributed by atoms with E-state index < -0.39 is 12.1 Å². The first kappa shape index (κ1) is 17.8. The summed E-state index contributed by atoms with van der Waals surface area (Å²) in [5.41, 5.74) is 0.871. The quantitative estimate of drug-likeness (QED) is 0.769. The summed E-state index contributed by atoms with van der Waals surface area (Å²) in [6.45, 7) is 3.81. The van der Waals surface area contributed by atoms with Gasteiger partial charge in [0.15, 0.2) is 6.10 Å². The summed E-state index contributed by atoms with van der Waals surface area (Å²) in [5, 5.41) is 11.8. The monoisotopic (exact) mass is 347 g/mol. The Kier molecular flexibility index (Phi) is 6.01. The second-order valence-corrected chi connectivity index (χ2v) is 6.43. The van der Waals surface area contributed by atoms with E-state index in [9.17, 15) is 9.59 Å². The molecular weight excluding hydrogens is 322 g/mol. The van der Waals surface area contributed by atoms with Crippen LogP contribution in [0.1, 0.15) is 18.0 Å². The topological polar surface area (TPSA) is 82.1 Å². The molecule has 0 bridgehead atoms. The van der Waals surface area contributed by atoms with Crippen LogP contribution in [0.5, 0.6) is 0 Å². The molecule has 7 nitrogen and oxygen atoms in total. The molecule has 0 spiro atoms. The lowest BCUT2D eigenvalue weighted by atomic mass is 9.98. The van der Waals surface area contributed by atoms with Crippen LogP contribution >= 0.6 is 0 Å². The number of amides is 2. The summed E-state index contributed by atoms with van der Waals surface area (Å²) in [5.74, 6) is -0.276. The van der Waals surface area contributed by atoms with Crippen molar-refractivity contribution in [3.8, 4) is 0 Å². The van der Waals surface area contributed by atoms with E-state index in [1.807, 2.05) is 35.2 Å². The van der Waals surface area contributed by atoms with Gasteiger partial charge in [0.2, 0.25) is 5.91 Å². The van der Waals surface area contributed by atoms with Gasteiger partial charge >= 0.3 is 0 Å². The van der Waals surface area contributed by atoms with E-state index in [1.165, 1.54) is 0 Å². The largest absolute Gasteiger partial charge is 0.396 e. The minimum atomic E-state index is -0.691. The van der Waals surface area contributed by atoms with Crippen LogP contribution in [-0.2, 0) is 14.3 Å². The normalized spacial score (nSPS) is 24.8. The number of hydrogen-bond acceptors (Lipinski definition) is 5. The zero-order valence-electron chi connectivity index (χ0n) is 14.3. The van der Waals surface area contributed by atoms with Crippen molar-refractivity contribution < 1.29 is 19.4 Å². The second kappa shape index (κ2) is 8.42. The van der Waals surface area contributed by atoms with Crippen LogP contribution in [0, 0.1) is 0 Å². The van der Waals surface area contributed by atoms with Crippen LogP contribution < -0.4 is 5.32 Å². The Labute approximate surface area is 147 Å². The Morgan fingerprint density at radius 3 is 2.60 bits per heavy atom. The molecule has 0 radical (unpaired) electrons. The molecule has 2 fully saturated rings. The van der Waals surface area contributed by atoms with Gasteiger partial charge in [-0.15, -0.1) is 0 Å². The van der Waals surface area contributed by atoms with Crippen molar-refractivity contribution in [3.63, 3.8) is 0 Å². The third-order valence-corrected chi connectivity index (χ3v) is 4.73. The number of carbonyl (C=O) groups is 2. The third-order valence-electron chi connectivity index (χ3n) is 4.73. The zero-order valence-corrected chi connectivity index (χ0v) is 14.3. The number of ether oxygens (including phenoxy) is 1. The number of benzene rings is 1. The van der Waals surface area contributed by atoms with Crippen molar-refractivity contribution >= 4 is 11.8 Å². The predicted octanol–water partition coefficient (Wildman–Crippen LogP) is -0.231. The van der Waals surface area contributed by atoms with E-state index in [2.05, 4.69) is 10.2 Å². The molecule has 7 heteroatoms. The van der Waals surface area contributed by atoms with Crippen LogP contribution in [0.2, 0.25) is 0 Å². The summed E-state index contributed by atoms with van der Waals surface area (Å²) in [6, 6.07) is 9.01. The van der Waals surface area contributed by atoms with E-state index in [-0.39, 0.29) is 25.0 Å². The van der Waals surface area contributed by atoms with Crippen LogP contribution in [0.3, 0.4) is 0 Å². The highest BCUT2D eigenvalue weighted by Gasteiger charge is 2.38. The first-order valence-corrected chi connectivity index (χ1v) is 8.77. The minimum absolute atomic E-state index is 0.0735. The molecule has 0 unspecified atom stereocenters. The maximum Gasteiger partial charge on any atom is 0.254 e. The van der Waals surface area contributed by atoms with Gasteiger partial charge in [0.1, 0.15) is 6.61 Å². The number of morpholine rings is 1. The molecule has 1 aromatic carbocycles. The molecule has 0 saturated carbocycles. The van der Waals surface area contributed by atoms with Crippen molar-refractivity contribution in [2.24, 2.45) is 0 Å². The number of carbonyl (C=O) groups excluding carboxylic acids is 2. The Morgan fingerprint density at radius 2 is 1.92 bits per heavy atom. The molecule has 0 aliphatic carbocycles. The number of piperazine rings is 1. The van der Waals surface area contributed by atoms with Crippen molar-refractivity contribution in [1.82, 2.24) is 15.1 Å². The molecule has 2 aliphatic heterocycles.